The van der Waals surface area contributed by atoms with Gasteiger partial charge in [-0.25, -0.2) is 0 Å². The number of amides is 2. The van der Waals surface area contributed by atoms with Crippen LogP contribution in [0, 0.1) is 13.8 Å². The van der Waals surface area contributed by atoms with Crippen LogP contribution in [0.4, 0.5) is 5.69 Å². The van der Waals surface area contributed by atoms with Crippen molar-refractivity contribution in [1.82, 2.24) is 15.6 Å². The van der Waals surface area contributed by atoms with Crippen molar-refractivity contribution in [2.75, 3.05) is 12.4 Å². The van der Waals surface area contributed by atoms with Gasteiger partial charge in [0.25, 0.3) is 5.91 Å². The van der Waals surface area contributed by atoms with Crippen molar-refractivity contribution in [3.8, 4) is 0 Å². The monoisotopic (exact) mass is 456 g/mol. The molecule has 0 radical (unpaired) electrons. The van der Waals surface area contributed by atoms with E-state index in [-0.39, 0.29) is 17.7 Å². The Bertz CT molecular complexity index is 1260. The lowest BCUT2D eigenvalue weighted by atomic mass is 9.93. The lowest BCUT2D eigenvalue weighted by Crippen LogP contribution is -2.24. The molecule has 6 nitrogen and oxygen atoms in total. The zero-order valence-electron chi connectivity index (χ0n) is 20.2. The number of H-pyrrole nitrogens is 1. The Morgan fingerprint density at radius 2 is 1.79 bits per heavy atom. The van der Waals surface area contributed by atoms with E-state index in [0.717, 1.165) is 45.9 Å². The van der Waals surface area contributed by atoms with Crippen LogP contribution in [0.2, 0.25) is 0 Å². The zero-order valence-corrected chi connectivity index (χ0v) is 20.2. The van der Waals surface area contributed by atoms with Gasteiger partial charge >= 0.3 is 0 Å². The number of aromatic nitrogens is 1. The Morgan fingerprint density at radius 3 is 2.56 bits per heavy atom. The standard InChI is InChI=1S/C28H32N4O2/c1-17(12-26(33)30-16-21-9-7-8-20(13-21)15-29-4)27-18(2)25(31-19(27)3)14-23-22-10-5-6-11-24(22)32-28(23)34/h5-11,13-14,17,29,31H,12,15-16H2,1-4H3,(H,30,33)(H,32,34). The van der Waals surface area contributed by atoms with Crippen molar-refractivity contribution >= 4 is 29.2 Å². The molecule has 1 aliphatic heterocycles. The van der Waals surface area contributed by atoms with Crippen molar-refractivity contribution in [3.05, 3.63) is 87.7 Å². The molecular weight excluding hydrogens is 424 g/mol. The highest BCUT2D eigenvalue weighted by molar-refractivity contribution is 6.34. The largest absolute Gasteiger partial charge is 0.359 e. The first kappa shape index (κ1) is 23.5. The van der Waals surface area contributed by atoms with Gasteiger partial charge in [-0.2, -0.15) is 0 Å². The second-order valence-corrected chi connectivity index (χ2v) is 8.99. The van der Waals surface area contributed by atoms with E-state index < -0.39 is 0 Å². The highest BCUT2D eigenvalue weighted by atomic mass is 16.2. The molecule has 2 heterocycles. The van der Waals surface area contributed by atoms with Crippen molar-refractivity contribution < 1.29 is 9.59 Å². The summed E-state index contributed by atoms with van der Waals surface area (Å²) in [5.41, 5.74) is 8.81. The summed E-state index contributed by atoms with van der Waals surface area (Å²) in [5.74, 6) is -0.0279. The van der Waals surface area contributed by atoms with E-state index in [4.69, 9.17) is 0 Å². The van der Waals surface area contributed by atoms with Crippen molar-refractivity contribution in [2.45, 2.75) is 46.2 Å². The summed E-state index contributed by atoms with van der Waals surface area (Å²) in [6, 6.07) is 15.9. The first-order valence-electron chi connectivity index (χ1n) is 11.7. The molecule has 1 atom stereocenters. The number of hydrogen-bond donors (Lipinski definition) is 4. The Hall–Kier alpha value is -3.64. The zero-order chi connectivity index (χ0) is 24.2. The predicted molar refractivity (Wildman–Crippen MR) is 137 cm³/mol. The predicted octanol–water partition coefficient (Wildman–Crippen LogP) is 4.65. The van der Waals surface area contributed by atoms with E-state index in [1.165, 1.54) is 5.56 Å². The summed E-state index contributed by atoms with van der Waals surface area (Å²) in [4.78, 5) is 28.6. The van der Waals surface area contributed by atoms with Gasteiger partial charge in [0, 0.05) is 42.1 Å². The molecule has 2 aromatic carbocycles. The van der Waals surface area contributed by atoms with Crippen LogP contribution in [0.5, 0.6) is 0 Å². The summed E-state index contributed by atoms with van der Waals surface area (Å²) in [5, 5.41) is 9.12. The minimum absolute atomic E-state index is 0.0236. The van der Waals surface area contributed by atoms with Gasteiger partial charge in [-0.05, 0) is 61.2 Å². The SMILES string of the molecule is CNCc1cccc(CNC(=O)CC(C)c2c(C)[nH]c(C=C3C(=O)Nc4ccccc43)c2C)c1. The number of aryl methyl sites for hydroxylation is 1. The molecule has 0 aliphatic carbocycles. The van der Waals surface area contributed by atoms with Crippen LogP contribution < -0.4 is 16.0 Å². The van der Waals surface area contributed by atoms with Gasteiger partial charge < -0.3 is 20.9 Å². The van der Waals surface area contributed by atoms with Crippen molar-refractivity contribution in [2.24, 2.45) is 0 Å². The summed E-state index contributed by atoms with van der Waals surface area (Å²) in [6.07, 6.45) is 2.31. The highest BCUT2D eigenvalue weighted by Gasteiger charge is 2.25. The van der Waals surface area contributed by atoms with Gasteiger partial charge in [-0.3, -0.25) is 9.59 Å². The second kappa shape index (κ2) is 10.1. The summed E-state index contributed by atoms with van der Waals surface area (Å²) in [6.45, 7) is 7.46. The Balaban J connectivity index is 1.45. The molecule has 6 heteroatoms. The molecular formula is C28H32N4O2. The minimum atomic E-state index is -0.0967. The lowest BCUT2D eigenvalue weighted by Gasteiger charge is -2.14. The van der Waals surface area contributed by atoms with Crippen molar-refractivity contribution in [3.63, 3.8) is 0 Å². The molecule has 4 rings (SSSR count). The molecule has 0 spiro atoms. The van der Waals surface area contributed by atoms with Crippen LogP contribution in [0.1, 0.15) is 58.5 Å². The number of rotatable bonds is 8. The molecule has 4 N–H and O–H groups in total. The summed E-state index contributed by atoms with van der Waals surface area (Å²) in [7, 11) is 1.92. The normalized spacial score (nSPS) is 14.7. The first-order chi connectivity index (χ1) is 16.4. The topological polar surface area (TPSA) is 86.0 Å². The van der Waals surface area contributed by atoms with Gasteiger partial charge in [0.05, 0.1) is 5.57 Å². The molecule has 0 saturated carbocycles. The number of para-hydroxylation sites is 1. The molecule has 1 unspecified atom stereocenters. The van der Waals surface area contributed by atoms with E-state index in [9.17, 15) is 9.59 Å². The fourth-order valence-electron chi connectivity index (χ4n) is 4.81. The van der Waals surface area contributed by atoms with Crippen LogP contribution in [0.25, 0.3) is 11.6 Å². The van der Waals surface area contributed by atoms with E-state index in [1.807, 2.05) is 63.4 Å². The Morgan fingerprint density at radius 1 is 1.06 bits per heavy atom. The van der Waals surface area contributed by atoms with Gasteiger partial charge in [0.15, 0.2) is 0 Å². The molecule has 3 aromatic rings. The second-order valence-electron chi connectivity index (χ2n) is 8.99. The number of hydrogen-bond acceptors (Lipinski definition) is 3. The molecule has 1 aliphatic rings. The number of benzene rings is 2. The minimum Gasteiger partial charge on any atom is -0.359 e. The number of aromatic amines is 1. The maximum absolute atomic E-state index is 12.7. The third-order valence-corrected chi connectivity index (χ3v) is 6.38. The van der Waals surface area contributed by atoms with Crippen LogP contribution in [0.3, 0.4) is 0 Å². The maximum atomic E-state index is 12.7. The molecule has 0 fully saturated rings. The van der Waals surface area contributed by atoms with E-state index in [2.05, 4.69) is 40.0 Å². The number of carbonyl (C=O) groups is 2. The van der Waals surface area contributed by atoms with Crippen LogP contribution in [0.15, 0.2) is 48.5 Å². The molecule has 1 aromatic heterocycles. The highest BCUT2D eigenvalue weighted by Crippen LogP contribution is 2.35. The molecule has 34 heavy (non-hydrogen) atoms. The van der Waals surface area contributed by atoms with Gasteiger partial charge in [0.1, 0.15) is 0 Å². The van der Waals surface area contributed by atoms with Gasteiger partial charge in [0.2, 0.25) is 5.91 Å². The molecule has 176 valence electrons. The van der Waals surface area contributed by atoms with Gasteiger partial charge in [-0.15, -0.1) is 0 Å². The molecule has 0 saturated heterocycles. The quantitative estimate of drug-likeness (QED) is 0.372. The van der Waals surface area contributed by atoms with Crippen molar-refractivity contribution in [1.29, 1.82) is 0 Å². The van der Waals surface area contributed by atoms with E-state index in [1.54, 1.807) is 0 Å². The van der Waals surface area contributed by atoms with Crippen LogP contribution >= 0.6 is 0 Å². The maximum Gasteiger partial charge on any atom is 0.256 e. The fourth-order valence-corrected chi connectivity index (χ4v) is 4.81. The number of carbonyl (C=O) groups excluding carboxylic acids is 2. The van der Waals surface area contributed by atoms with Gasteiger partial charge in [-0.1, -0.05) is 49.4 Å². The van der Waals surface area contributed by atoms with Crippen LogP contribution in [-0.4, -0.2) is 23.8 Å². The average Bonchev–Trinajstić information content (AvgIpc) is 3.28. The van der Waals surface area contributed by atoms with E-state index in [0.29, 0.717) is 18.5 Å². The third-order valence-electron chi connectivity index (χ3n) is 6.38. The summed E-state index contributed by atoms with van der Waals surface area (Å²) >= 11 is 0. The number of anilines is 1. The number of fused-ring (bicyclic) bond motifs is 1. The molecule has 2 amide bonds. The Kier molecular flexibility index (Phi) is 6.98. The molecule has 0 bridgehead atoms. The fraction of sp³-hybridized carbons (Fsp3) is 0.286. The number of nitrogens with one attached hydrogen (secondary N) is 4. The lowest BCUT2D eigenvalue weighted by molar-refractivity contribution is -0.121. The average molecular weight is 457 g/mol. The first-order valence-corrected chi connectivity index (χ1v) is 11.7. The van der Waals surface area contributed by atoms with E-state index >= 15 is 0 Å². The smallest absolute Gasteiger partial charge is 0.256 e. The third kappa shape index (κ3) is 4.97. The summed E-state index contributed by atoms with van der Waals surface area (Å²) < 4.78 is 0. The Labute approximate surface area is 200 Å². The van der Waals surface area contributed by atoms with Crippen LogP contribution in [-0.2, 0) is 22.7 Å².